The Bertz CT molecular complexity index is 656. The lowest BCUT2D eigenvalue weighted by Crippen LogP contribution is -2.63. The predicted molar refractivity (Wildman–Crippen MR) is 100.0 cm³/mol. The van der Waals surface area contributed by atoms with Gasteiger partial charge < -0.3 is 10.1 Å². The summed E-state index contributed by atoms with van der Waals surface area (Å²) in [7, 11) is 1.67. The molecule has 4 aliphatic rings. The summed E-state index contributed by atoms with van der Waals surface area (Å²) in [6.07, 6.45) is 8.13. The van der Waals surface area contributed by atoms with Crippen molar-refractivity contribution in [3.8, 4) is 5.75 Å². The molecule has 4 heteroatoms. The lowest BCUT2D eigenvalue weighted by Gasteiger charge is -2.65. The molecule has 0 aliphatic heterocycles. The van der Waals surface area contributed by atoms with Crippen LogP contribution in [0.15, 0.2) is 12.1 Å². The van der Waals surface area contributed by atoms with Gasteiger partial charge in [0.05, 0.1) is 12.1 Å². The quantitative estimate of drug-likeness (QED) is 0.721. The topological polar surface area (TPSA) is 21.3 Å². The van der Waals surface area contributed by atoms with Crippen LogP contribution in [0.4, 0.5) is 0 Å². The third-order valence-corrected chi connectivity index (χ3v) is 7.07. The molecule has 0 spiro atoms. The molecule has 1 N–H and O–H groups in total. The number of ether oxygens (including phenoxy) is 1. The van der Waals surface area contributed by atoms with E-state index in [1.807, 2.05) is 6.07 Å². The summed E-state index contributed by atoms with van der Waals surface area (Å²) in [5.74, 6) is 1.63. The first-order valence-electron chi connectivity index (χ1n) is 9.01. The molecule has 0 heterocycles. The molecule has 4 saturated carbocycles. The van der Waals surface area contributed by atoms with Gasteiger partial charge in [-0.05, 0) is 67.4 Å². The van der Waals surface area contributed by atoms with Crippen LogP contribution in [0.3, 0.4) is 0 Å². The molecule has 2 unspecified atom stereocenters. The van der Waals surface area contributed by atoms with E-state index in [1.54, 1.807) is 13.2 Å². The fourth-order valence-corrected chi connectivity index (χ4v) is 7.51. The maximum Gasteiger partial charge on any atom is 0.142 e. The van der Waals surface area contributed by atoms with Crippen molar-refractivity contribution in [1.82, 2.24) is 5.32 Å². The SMILES string of the molecule is COc1c(Cl)cc(Cl)cc1CNC12CC3CC(C)(CC(C)(C3)C1)C2. The van der Waals surface area contributed by atoms with Crippen LogP contribution in [-0.4, -0.2) is 12.6 Å². The van der Waals surface area contributed by atoms with Gasteiger partial charge >= 0.3 is 0 Å². The molecule has 2 nitrogen and oxygen atoms in total. The summed E-state index contributed by atoms with van der Waals surface area (Å²) >= 11 is 12.5. The van der Waals surface area contributed by atoms with Crippen molar-refractivity contribution in [2.75, 3.05) is 7.11 Å². The molecule has 0 aromatic heterocycles. The van der Waals surface area contributed by atoms with Crippen molar-refractivity contribution < 1.29 is 4.74 Å². The number of rotatable bonds is 4. The van der Waals surface area contributed by atoms with Gasteiger partial charge in [0.15, 0.2) is 0 Å². The van der Waals surface area contributed by atoms with E-state index in [-0.39, 0.29) is 5.54 Å². The van der Waals surface area contributed by atoms with E-state index in [1.165, 1.54) is 38.5 Å². The van der Waals surface area contributed by atoms with Crippen molar-refractivity contribution in [2.24, 2.45) is 16.7 Å². The van der Waals surface area contributed by atoms with Gasteiger partial charge in [0, 0.05) is 22.7 Å². The van der Waals surface area contributed by atoms with E-state index in [4.69, 9.17) is 27.9 Å². The van der Waals surface area contributed by atoms with Crippen LogP contribution in [0, 0.1) is 16.7 Å². The molecular weight excluding hydrogens is 341 g/mol. The van der Waals surface area contributed by atoms with E-state index in [9.17, 15) is 0 Å². The average molecular weight is 368 g/mol. The van der Waals surface area contributed by atoms with Gasteiger partial charge in [0.25, 0.3) is 0 Å². The van der Waals surface area contributed by atoms with Crippen LogP contribution in [0.25, 0.3) is 0 Å². The lowest BCUT2D eigenvalue weighted by molar-refractivity contribution is -0.118. The van der Waals surface area contributed by atoms with Gasteiger partial charge in [-0.15, -0.1) is 0 Å². The van der Waals surface area contributed by atoms with Crippen LogP contribution in [0.5, 0.6) is 5.75 Å². The van der Waals surface area contributed by atoms with Crippen LogP contribution < -0.4 is 10.1 Å². The highest BCUT2D eigenvalue weighted by atomic mass is 35.5. The highest BCUT2D eigenvalue weighted by molar-refractivity contribution is 6.35. The standard InChI is InChI=1S/C20H27Cl2NO/c1-18-6-13-7-19(2,10-18)12-20(8-13,11-18)23-9-14-4-15(21)5-16(22)17(14)24-3/h4-5,13,23H,6-12H2,1-3H3. The minimum Gasteiger partial charge on any atom is -0.495 e. The number of hydrogen-bond donors (Lipinski definition) is 1. The Morgan fingerprint density at radius 1 is 1.08 bits per heavy atom. The van der Waals surface area contributed by atoms with E-state index in [2.05, 4.69) is 19.2 Å². The first kappa shape index (κ1) is 17.0. The molecule has 1 aromatic carbocycles. The minimum absolute atomic E-state index is 0.267. The average Bonchev–Trinajstić information content (AvgIpc) is 2.40. The first-order valence-corrected chi connectivity index (χ1v) is 9.76. The van der Waals surface area contributed by atoms with Gasteiger partial charge in [-0.1, -0.05) is 37.0 Å². The van der Waals surface area contributed by atoms with E-state index in [0.29, 0.717) is 20.9 Å². The van der Waals surface area contributed by atoms with E-state index in [0.717, 1.165) is 23.8 Å². The van der Waals surface area contributed by atoms with Crippen LogP contribution in [-0.2, 0) is 6.54 Å². The molecule has 0 saturated heterocycles. The van der Waals surface area contributed by atoms with Gasteiger partial charge in [0.1, 0.15) is 5.75 Å². The summed E-state index contributed by atoms with van der Waals surface area (Å²) in [5.41, 5.74) is 2.35. The van der Waals surface area contributed by atoms with E-state index < -0.39 is 0 Å². The monoisotopic (exact) mass is 367 g/mol. The Hall–Kier alpha value is -0.440. The third-order valence-electron chi connectivity index (χ3n) is 6.57. The fraction of sp³-hybridized carbons (Fsp3) is 0.700. The number of halogens is 2. The normalized spacial score (nSPS) is 40.1. The minimum atomic E-state index is 0.267. The molecule has 4 aliphatic carbocycles. The van der Waals surface area contributed by atoms with Crippen molar-refractivity contribution in [1.29, 1.82) is 0 Å². The number of benzene rings is 1. The van der Waals surface area contributed by atoms with Crippen LogP contribution in [0.1, 0.15) is 57.9 Å². The zero-order chi connectivity index (χ0) is 17.2. The Kier molecular flexibility index (Phi) is 3.91. The van der Waals surface area contributed by atoms with Gasteiger partial charge in [0.2, 0.25) is 0 Å². The molecule has 0 radical (unpaired) electrons. The molecule has 0 amide bonds. The Labute approximate surface area is 155 Å². The molecule has 2 atom stereocenters. The molecule has 132 valence electrons. The third kappa shape index (κ3) is 2.85. The second-order valence-electron chi connectivity index (χ2n) is 9.34. The van der Waals surface area contributed by atoms with Crippen molar-refractivity contribution in [3.63, 3.8) is 0 Å². The first-order chi connectivity index (χ1) is 11.2. The molecule has 5 rings (SSSR count). The summed E-state index contributed by atoms with van der Waals surface area (Å²) in [6, 6.07) is 3.72. The second kappa shape index (κ2) is 5.53. The zero-order valence-electron chi connectivity index (χ0n) is 14.8. The Morgan fingerprint density at radius 2 is 1.75 bits per heavy atom. The van der Waals surface area contributed by atoms with Gasteiger partial charge in [-0.2, -0.15) is 0 Å². The number of hydrogen-bond acceptors (Lipinski definition) is 2. The van der Waals surface area contributed by atoms with Gasteiger partial charge in [-0.25, -0.2) is 0 Å². The maximum absolute atomic E-state index is 6.30. The van der Waals surface area contributed by atoms with Gasteiger partial charge in [-0.3, -0.25) is 0 Å². The van der Waals surface area contributed by atoms with E-state index >= 15 is 0 Å². The maximum atomic E-state index is 6.30. The number of nitrogens with one attached hydrogen (secondary N) is 1. The van der Waals surface area contributed by atoms with Crippen LogP contribution >= 0.6 is 23.2 Å². The molecule has 24 heavy (non-hydrogen) atoms. The zero-order valence-corrected chi connectivity index (χ0v) is 16.4. The highest BCUT2D eigenvalue weighted by Crippen LogP contribution is 2.66. The summed E-state index contributed by atoms with van der Waals surface area (Å²) in [4.78, 5) is 0. The Balaban J connectivity index is 1.58. The molecular formula is C20H27Cl2NO. The summed E-state index contributed by atoms with van der Waals surface area (Å²) in [5, 5.41) is 5.18. The second-order valence-corrected chi connectivity index (χ2v) is 10.2. The van der Waals surface area contributed by atoms with Crippen molar-refractivity contribution >= 4 is 23.2 Å². The van der Waals surface area contributed by atoms with Crippen LogP contribution in [0.2, 0.25) is 10.0 Å². The van der Waals surface area contributed by atoms with Crippen molar-refractivity contribution in [2.45, 2.75) is 64.5 Å². The number of methoxy groups -OCH3 is 1. The summed E-state index contributed by atoms with van der Waals surface area (Å²) in [6.45, 7) is 5.77. The molecule has 4 bridgehead atoms. The van der Waals surface area contributed by atoms with Crippen molar-refractivity contribution in [3.05, 3.63) is 27.7 Å². The largest absolute Gasteiger partial charge is 0.495 e. The smallest absolute Gasteiger partial charge is 0.142 e. The molecule has 4 fully saturated rings. The molecule has 1 aromatic rings. The summed E-state index contributed by atoms with van der Waals surface area (Å²) < 4.78 is 5.51. The Morgan fingerprint density at radius 3 is 2.33 bits per heavy atom. The fourth-order valence-electron chi connectivity index (χ4n) is 6.90. The lowest BCUT2D eigenvalue weighted by atomic mass is 9.43. The predicted octanol–water partition coefficient (Wildman–Crippen LogP) is 5.84. The highest BCUT2D eigenvalue weighted by Gasteiger charge is 2.59.